The molecule has 2 aliphatic heterocycles. The van der Waals surface area contributed by atoms with Crippen molar-refractivity contribution in [2.45, 2.75) is 18.9 Å². The SMILES string of the molecule is O=C(c1ccncc1)N1CC2CC(C1)c1c(-c3ccc4ccccc4c3)ccc(=O)n1C2. The highest BCUT2D eigenvalue weighted by molar-refractivity contribution is 5.94. The molecule has 0 radical (unpaired) electrons. The van der Waals surface area contributed by atoms with Gasteiger partial charge >= 0.3 is 0 Å². The number of aromatic nitrogens is 2. The van der Waals surface area contributed by atoms with Crippen molar-refractivity contribution in [3.8, 4) is 11.1 Å². The summed E-state index contributed by atoms with van der Waals surface area (Å²) in [5.41, 5.74) is 3.99. The number of nitrogens with zero attached hydrogens (tertiary/aromatic N) is 3. The van der Waals surface area contributed by atoms with E-state index in [4.69, 9.17) is 0 Å². The highest BCUT2D eigenvalue weighted by Gasteiger charge is 2.38. The molecule has 2 aromatic heterocycles. The molecule has 6 rings (SSSR count). The molecule has 0 spiro atoms. The molecule has 1 fully saturated rings. The van der Waals surface area contributed by atoms with Crippen LogP contribution >= 0.6 is 0 Å². The van der Waals surface area contributed by atoms with Gasteiger partial charge < -0.3 is 9.47 Å². The second-order valence-corrected chi connectivity index (χ2v) is 8.89. The number of pyridine rings is 2. The van der Waals surface area contributed by atoms with Crippen LogP contribution in [-0.2, 0) is 6.54 Å². The Kier molecular flexibility index (Phi) is 4.42. The van der Waals surface area contributed by atoms with Crippen molar-refractivity contribution >= 4 is 16.7 Å². The first-order chi connectivity index (χ1) is 15.7. The van der Waals surface area contributed by atoms with Crippen LogP contribution in [-0.4, -0.2) is 33.4 Å². The van der Waals surface area contributed by atoms with Crippen LogP contribution in [0.3, 0.4) is 0 Å². The van der Waals surface area contributed by atoms with Crippen LogP contribution in [0.15, 0.2) is 83.9 Å². The zero-order valence-electron chi connectivity index (χ0n) is 17.6. The molecule has 1 amide bonds. The molecular formula is C27H23N3O2. The number of hydrogen-bond acceptors (Lipinski definition) is 3. The van der Waals surface area contributed by atoms with Crippen LogP contribution in [0.2, 0.25) is 0 Å². The van der Waals surface area contributed by atoms with E-state index in [9.17, 15) is 9.59 Å². The number of piperidine rings is 1. The lowest BCUT2D eigenvalue weighted by molar-refractivity contribution is 0.0595. The fourth-order valence-electron chi connectivity index (χ4n) is 5.46. The molecule has 2 atom stereocenters. The second kappa shape index (κ2) is 7.45. The van der Waals surface area contributed by atoms with Crippen molar-refractivity contribution < 1.29 is 4.79 Å². The molecule has 5 nitrogen and oxygen atoms in total. The van der Waals surface area contributed by atoms with E-state index in [-0.39, 0.29) is 23.3 Å². The van der Waals surface area contributed by atoms with Crippen LogP contribution < -0.4 is 5.56 Å². The quantitative estimate of drug-likeness (QED) is 0.484. The summed E-state index contributed by atoms with van der Waals surface area (Å²) in [7, 11) is 0. The number of carbonyl (C=O) groups excluding carboxylic acids is 1. The van der Waals surface area contributed by atoms with Crippen molar-refractivity contribution in [2.24, 2.45) is 5.92 Å². The first-order valence-corrected chi connectivity index (χ1v) is 11.1. The Balaban J connectivity index is 1.42. The zero-order chi connectivity index (χ0) is 21.7. The standard InChI is InChI=1S/C27H23N3O2/c31-25-8-7-24(22-6-5-19-3-1-2-4-21(19)14-22)26-23-13-18(16-30(25)26)15-29(17-23)27(32)20-9-11-28-12-10-20/h1-12,14,18,23H,13,15-17H2. The smallest absolute Gasteiger partial charge is 0.253 e. The normalized spacial score (nSPS) is 19.6. The topological polar surface area (TPSA) is 55.2 Å². The second-order valence-electron chi connectivity index (χ2n) is 8.89. The highest BCUT2D eigenvalue weighted by atomic mass is 16.2. The minimum Gasteiger partial charge on any atom is -0.338 e. The van der Waals surface area contributed by atoms with Crippen molar-refractivity contribution in [1.82, 2.24) is 14.5 Å². The average molecular weight is 422 g/mol. The number of likely N-dealkylation sites (tertiary alicyclic amines) is 1. The van der Waals surface area contributed by atoms with Gasteiger partial charge in [-0.15, -0.1) is 0 Å². The summed E-state index contributed by atoms with van der Waals surface area (Å²) in [5.74, 6) is 0.473. The van der Waals surface area contributed by atoms with Gasteiger partial charge in [0.05, 0.1) is 0 Å². The Morgan fingerprint density at radius 3 is 2.53 bits per heavy atom. The van der Waals surface area contributed by atoms with Gasteiger partial charge in [-0.1, -0.05) is 36.4 Å². The summed E-state index contributed by atoms with van der Waals surface area (Å²) in [6.45, 7) is 1.97. The Labute approximate surface area is 186 Å². The Morgan fingerprint density at radius 1 is 0.875 bits per heavy atom. The molecule has 4 aromatic rings. The molecule has 0 aliphatic carbocycles. The summed E-state index contributed by atoms with van der Waals surface area (Å²) < 4.78 is 1.96. The summed E-state index contributed by atoms with van der Waals surface area (Å²) in [4.78, 5) is 31.9. The van der Waals surface area contributed by atoms with Gasteiger partial charge in [-0.05, 0) is 52.9 Å². The van der Waals surface area contributed by atoms with Crippen molar-refractivity contribution in [3.05, 3.63) is 101 Å². The maximum Gasteiger partial charge on any atom is 0.253 e. The first-order valence-electron chi connectivity index (χ1n) is 11.1. The number of hydrogen-bond donors (Lipinski definition) is 0. The maximum atomic E-state index is 13.1. The van der Waals surface area contributed by atoms with E-state index in [1.54, 1.807) is 30.6 Å². The molecule has 5 heteroatoms. The van der Waals surface area contributed by atoms with Gasteiger partial charge in [0.2, 0.25) is 0 Å². The molecule has 158 valence electrons. The Morgan fingerprint density at radius 2 is 1.69 bits per heavy atom. The van der Waals surface area contributed by atoms with Gasteiger partial charge in [-0.3, -0.25) is 14.6 Å². The third-order valence-corrected chi connectivity index (χ3v) is 6.86. The van der Waals surface area contributed by atoms with Crippen LogP contribution in [0, 0.1) is 5.92 Å². The van der Waals surface area contributed by atoms with Crippen LogP contribution in [0.4, 0.5) is 0 Å². The van der Waals surface area contributed by atoms with Gasteiger partial charge in [0.1, 0.15) is 0 Å². The van der Waals surface area contributed by atoms with E-state index in [1.165, 1.54) is 10.8 Å². The van der Waals surface area contributed by atoms with Crippen molar-refractivity contribution in [2.75, 3.05) is 13.1 Å². The molecule has 0 N–H and O–H groups in total. The van der Waals surface area contributed by atoms with Gasteiger partial charge in [0.25, 0.3) is 11.5 Å². The van der Waals surface area contributed by atoms with Crippen molar-refractivity contribution in [3.63, 3.8) is 0 Å². The fourth-order valence-corrected chi connectivity index (χ4v) is 5.46. The van der Waals surface area contributed by atoms with E-state index in [0.29, 0.717) is 25.2 Å². The Bertz CT molecular complexity index is 1390. The minimum atomic E-state index is 0.0427. The minimum absolute atomic E-state index is 0.0427. The van der Waals surface area contributed by atoms with Gasteiger partial charge in [-0.25, -0.2) is 0 Å². The van der Waals surface area contributed by atoms with Gasteiger partial charge in [-0.2, -0.15) is 0 Å². The molecule has 32 heavy (non-hydrogen) atoms. The van der Waals surface area contributed by atoms with E-state index < -0.39 is 0 Å². The lowest BCUT2D eigenvalue weighted by Gasteiger charge is -2.43. The van der Waals surface area contributed by atoms with Crippen molar-refractivity contribution in [1.29, 1.82) is 0 Å². The van der Waals surface area contributed by atoms with E-state index in [2.05, 4.69) is 35.3 Å². The number of benzene rings is 2. The molecule has 4 heterocycles. The first kappa shape index (κ1) is 19.0. The zero-order valence-corrected chi connectivity index (χ0v) is 17.6. The predicted octanol–water partition coefficient (Wildman–Crippen LogP) is 4.32. The summed E-state index contributed by atoms with van der Waals surface area (Å²) >= 11 is 0. The molecule has 2 unspecified atom stereocenters. The van der Waals surface area contributed by atoms with E-state index >= 15 is 0 Å². The number of amides is 1. The molecule has 0 saturated carbocycles. The van der Waals surface area contributed by atoms with E-state index in [0.717, 1.165) is 23.2 Å². The highest BCUT2D eigenvalue weighted by Crippen LogP contribution is 2.40. The maximum absolute atomic E-state index is 13.1. The lowest BCUT2D eigenvalue weighted by atomic mass is 9.80. The van der Waals surface area contributed by atoms with Gasteiger partial charge in [0, 0.05) is 60.8 Å². The number of carbonyl (C=O) groups is 1. The molecule has 2 bridgehead atoms. The van der Waals surface area contributed by atoms with Crippen LogP contribution in [0.25, 0.3) is 21.9 Å². The Hall–Kier alpha value is -3.73. The summed E-state index contributed by atoms with van der Waals surface area (Å²) in [6, 6.07) is 22.0. The lowest BCUT2D eigenvalue weighted by Crippen LogP contribution is -2.49. The van der Waals surface area contributed by atoms with Crippen LogP contribution in [0.5, 0.6) is 0 Å². The van der Waals surface area contributed by atoms with Gasteiger partial charge in [0.15, 0.2) is 0 Å². The van der Waals surface area contributed by atoms with E-state index in [1.807, 2.05) is 27.7 Å². The summed E-state index contributed by atoms with van der Waals surface area (Å²) in [6.07, 6.45) is 4.32. The predicted molar refractivity (Wildman–Crippen MR) is 125 cm³/mol. The monoisotopic (exact) mass is 421 g/mol. The largest absolute Gasteiger partial charge is 0.338 e. The average Bonchev–Trinajstić information content (AvgIpc) is 2.84. The molecular weight excluding hydrogens is 398 g/mol. The fraction of sp³-hybridized carbons (Fsp3) is 0.222. The molecule has 2 aliphatic rings. The molecule has 1 saturated heterocycles. The third-order valence-electron chi connectivity index (χ3n) is 6.86. The number of rotatable bonds is 2. The number of fused-ring (bicyclic) bond motifs is 5. The third kappa shape index (κ3) is 3.12. The molecule has 2 aromatic carbocycles. The summed E-state index contributed by atoms with van der Waals surface area (Å²) in [5, 5.41) is 2.38. The van der Waals surface area contributed by atoms with Crippen LogP contribution in [0.1, 0.15) is 28.4 Å².